The van der Waals surface area contributed by atoms with Crippen molar-refractivity contribution in [2.24, 2.45) is 0 Å². The molecule has 2 rings (SSSR count). The highest BCUT2D eigenvalue weighted by Gasteiger charge is 2.31. The van der Waals surface area contributed by atoms with Gasteiger partial charge in [-0.3, -0.25) is 4.79 Å². The van der Waals surface area contributed by atoms with Crippen molar-refractivity contribution in [1.29, 1.82) is 0 Å². The molecule has 0 atom stereocenters. The van der Waals surface area contributed by atoms with Gasteiger partial charge in [-0.1, -0.05) is 11.6 Å². The first-order valence-corrected chi connectivity index (χ1v) is 7.45. The third-order valence-corrected chi connectivity index (χ3v) is 4.44. The summed E-state index contributed by atoms with van der Waals surface area (Å²) >= 11 is 7.55. The highest BCUT2D eigenvalue weighted by atomic mass is 35.5. The molecule has 5 heteroatoms. The van der Waals surface area contributed by atoms with Crippen LogP contribution in [0.1, 0.15) is 19.8 Å². The van der Waals surface area contributed by atoms with Crippen molar-refractivity contribution in [3.8, 4) is 0 Å². The molecule has 0 radical (unpaired) electrons. The summed E-state index contributed by atoms with van der Waals surface area (Å²) in [4.78, 5) is 14.9. The quantitative estimate of drug-likeness (QED) is 0.668. The van der Waals surface area contributed by atoms with Crippen LogP contribution in [0.25, 0.3) is 0 Å². The number of carbonyl (C=O) groups excluding carboxylic acids is 1. The Morgan fingerprint density at radius 3 is 2.83 bits per heavy atom. The molecule has 1 fully saturated rings. The van der Waals surface area contributed by atoms with Gasteiger partial charge in [-0.25, -0.2) is 0 Å². The molecule has 0 aliphatic heterocycles. The van der Waals surface area contributed by atoms with Crippen LogP contribution < -0.4 is 5.73 Å². The molecule has 2 N–H and O–H groups in total. The summed E-state index contributed by atoms with van der Waals surface area (Å²) in [5.41, 5.74) is 6.27. The van der Waals surface area contributed by atoms with Gasteiger partial charge in [0, 0.05) is 23.2 Å². The van der Waals surface area contributed by atoms with Crippen LogP contribution in [0.2, 0.25) is 5.02 Å². The van der Waals surface area contributed by atoms with Gasteiger partial charge >= 0.3 is 0 Å². The van der Waals surface area contributed by atoms with Gasteiger partial charge in [0.25, 0.3) is 0 Å². The lowest BCUT2D eigenvalue weighted by Gasteiger charge is -2.20. The van der Waals surface area contributed by atoms with Gasteiger partial charge in [0.2, 0.25) is 5.91 Å². The number of thioether (sulfide) groups is 1. The van der Waals surface area contributed by atoms with Gasteiger partial charge in [0.15, 0.2) is 0 Å². The molecule has 1 aliphatic carbocycles. The maximum Gasteiger partial charge on any atom is 0.233 e. The van der Waals surface area contributed by atoms with E-state index >= 15 is 0 Å². The average molecular weight is 285 g/mol. The number of carbonyl (C=O) groups is 1. The molecule has 0 aromatic heterocycles. The first kappa shape index (κ1) is 13.6. The molecule has 18 heavy (non-hydrogen) atoms. The van der Waals surface area contributed by atoms with Gasteiger partial charge in [0.1, 0.15) is 0 Å². The first-order valence-electron chi connectivity index (χ1n) is 6.09. The van der Waals surface area contributed by atoms with Gasteiger partial charge in [-0.15, -0.1) is 11.8 Å². The molecular formula is C13H17ClN2OS. The predicted octanol–water partition coefficient (Wildman–Crippen LogP) is 3.03. The summed E-state index contributed by atoms with van der Waals surface area (Å²) in [5.74, 6) is 0.631. The number of benzene rings is 1. The van der Waals surface area contributed by atoms with E-state index in [-0.39, 0.29) is 5.91 Å². The van der Waals surface area contributed by atoms with Crippen LogP contribution in [0.15, 0.2) is 23.1 Å². The molecule has 1 amide bonds. The molecule has 0 spiro atoms. The lowest BCUT2D eigenvalue weighted by atomic mass is 10.3. The fourth-order valence-corrected chi connectivity index (χ4v) is 3.04. The largest absolute Gasteiger partial charge is 0.399 e. The van der Waals surface area contributed by atoms with Crippen molar-refractivity contribution in [3.63, 3.8) is 0 Å². The Balaban J connectivity index is 1.92. The van der Waals surface area contributed by atoms with Crippen LogP contribution in [-0.2, 0) is 4.79 Å². The van der Waals surface area contributed by atoms with E-state index in [1.165, 1.54) is 11.8 Å². The Hall–Kier alpha value is -0.870. The fraction of sp³-hybridized carbons (Fsp3) is 0.462. The number of nitrogen functional groups attached to an aromatic ring is 1. The zero-order valence-corrected chi connectivity index (χ0v) is 11.9. The summed E-state index contributed by atoms with van der Waals surface area (Å²) in [6, 6.07) is 5.86. The standard InChI is InChI=1S/C13H17ClN2OS/c1-2-16(10-4-5-10)13(17)8-18-12-6-3-9(15)7-11(12)14/h3,6-7,10H,2,4-5,8,15H2,1H3. The lowest BCUT2D eigenvalue weighted by molar-refractivity contribution is -0.128. The Morgan fingerprint density at radius 2 is 2.28 bits per heavy atom. The Bertz CT molecular complexity index is 449. The van der Waals surface area contributed by atoms with Crippen molar-refractivity contribution in [1.82, 2.24) is 4.90 Å². The number of rotatable bonds is 5. The van der Waals surface area contributed by atoms with Crippen LogP contribution in [0.3, 0.4) is 0 Å². The van der Waals surface area contributed by atoms with Crippen molar-refractivity contribution < 1.29 is 4.79 Å². The van der Waals surface area contributed by atoms with Gasteiger partial charge < -0.3 is 10.6 Å². The van der Waals surface area contributed by atoms with Crippen molar-refractivity contribution >= 4 is 35.0 Å². The van der Waals surface area contributed by atoms with Crippen LogP contribution in [0.5, 0.6) is 0 Å². The minimum Gasteiger partial charge on any atom is -0.399 e. The number of nitrogens with zero attached hydrogens (tertiary/aromatic N) is 1. The SMILES string of the molecule is CCN(C(=O)CSc1ccc(N)cc1Cl)C1CC1. The lowest BCUT2D eigenvalue weighted by Crippen LogP contribution is -2.34. The number of hydrogen-bond acceptors (Lipinski definition) is 3. The van der Waals surface area contributed by atoms with Crippen LogP contribution in [-0.4, -0.2) is 29.1 Å². The Labute approximate surface area is 117 Å². The Morgan fingerprint density at radius 1 is 1.56 bits per heavy atom. The van der Waals surface area contributed by atoms with Crippen LogP contribution in [0, 0.1) is 0 Å². The minimum atomic E-state index is 0.192. The minimum absolute atomic E-state index is 0.192. The normalized spacial score (nSPS) is 14.6. The van der Waals surface area contributed by atoms with E-state index in [9.17, 15) is 4.79 Å². The highest BCUT2D eigenvalue weighted by molar-refractivity contribution is 8.00. The molecule has 3 nitrogen and oxygen atoms in total. The first-order chi connectivity index (χ1) is 8.61. The molecule has 1 aliphatic rings. The molecule has 0 unspecified atom stereocenters. The van der Waals surface area contributed by atoms with E-state index in [4.69, 9.17) is 17.3 Å². The molecule has 1 aromatic carbocycles. The molecule has 0 saturated heterocycles. The third kappa shape index (κ3) is 3.33. The summed E-state index contributed by atoms with van der Waals surface area (Å²) in [6.07, 6.45) is 2.29. The van der Waals surface area contributed by atoms with Gasteiger partial charge in [0.05, 0.1) is 10.8 Å². The summed E-state index contributed by atoms with van der Waals surface area (Å²) < 4.78 is 0. The number of anilines is 1. The second-order valence-electron chi connectivity index (χ2n) is 4.39. The highest BCUT2D eigenvalue weighted by Crippen LogP contribution is 2.31. The van der Waals surface area contributed by atoms with E-state index in [2.05, 4.69) is 0 Å². The fourth-order valence-electron chi connectivity index (χ4n) is 1.88. The van der Waals surface area contributed by atoms with E-state index in [1.807, 2.05) is 17.9 Å². The maximum atomic E-state index is 12.0. The number of nitrogens with two attached hydrogens (primary N) is 1. The zero-order valence-electron chi connectivity index (χ0n) is 10.4. The van der Waals surface area contributed by atoms with Crippen LogP contribution >= 0.6 is 23.4 Å². The van der Waals surface area contributed by atoms with E-state index in [1.54, 1.807) is 12.1 Å². The number of amides is 1. The van der Waals surface area contributed by atoms with E-state index in [0.29, 0.717) is 22.5 Å². The number of halogens is 1. The zero-order chi connectivity index (χ0) is 13.1. The smallest absolute Gasteiger partial charge is 0.233 e. The predicted molar refractivity (Wildman–Crippen MR) is 77.0 cm³/mol. The van der Waals surface area contributed by atoms with Gasteiger partial charge in [-0.2, -0.15) is 0 Å². The molecular weight excluding hydrogens is 268 g/mol. The van der Waals surface area contributed by atoms with Gasteiger partial charge in [-0.05, 0) is 38.0 Å². The van der Waals surface area contributed by atoms with E-state index < -0.39 is 0 Å². The molecule has 1 saturated carbocycles. The monoisotopic (exact) mass is 284 g/mol. The van der Waals surface area contributed by atoms with Crippen LogP contribution in [0.4, 0.5) is 5.69 Å². The summed E-state index contributed by atoms with van der Waals surface area (Å²) in [5, 5.41) is 0.613. The second kappa shape index (κ2) is 5.85. The molecule has 0 bridgehead atoms. The number of hydrogen-bond donors (Lipinski definition) is 1. The molecule has 0 heterocycles. The summed E-state index contributed by atoms with van der Waals surface area (Å²) in [6.45, 7) is 2.82. The molecule has 1 aromatic rings. The second-order valence-corrected chi connectivity index (χ2v) is 5.81. The van der Waals surface area contributed by atoms with E-state index in [0.717, 1.165) is 24.3 Å². The van der Waals surface area contributed by atoms with Crippen molar-refractivity contribution in [2.45, 2.75) is 30.7 Å². The average Bonchev–Trinajstić information content (AvgIpc) is 3.13. The Kier molecular flexibility index (Phi) is 4.40. The third-order valence-electron chi connectivity index (χ3n) is 2.96. The molecule has 98 valence electrons. The topological polar surface area (TPSA) is 46.3 Å². The summed E-state index contributed by atoms with van der Waals surface area (Å²) in [7, 11) is 0. The van der Waals surface area contributed by atoms with Crippen molar-refractivity contribution in [2.75, 3.05) is 18.0 Å². The maximum absolute atomic E-state index is 12.0. The van der Waals surface area contributed by atoms with Crippen molar-refractivity contribution in [3.05, 3.63) is 23.2 Å².